The van der Waals surface area contributed by atoms with Gasteiger partial charge in [0.2, 0.25) is 0 Å². The molecule has 2 atom stereocenters. The topological polar surface area (TPSA) is 56.1 Å². The SMILES string of the molecule is CCC1OCCC1CNc1nccn(CC)c1=O. The predicted molar refractivity (Wildman–Crippen MR) is 70.8 cm³/mol. The first-order chi connectivity index (χ1) is 8.76. The van der Waals surface area contributed by atoms with Gasteiger partial charge in [-0.3, -0.25) is 4.79 Å². The molecule has 1 aliphatic heterocycles. The molecule has 0 saturated carbocycles. The molecule has 5 heteroatoms. The fraction of sp³-hybridized carbons (Fsp3) is 0.692. The van der Waals surface area contributed by atoms with Crippen LogP contribution < -0.4 is 10.9 Å². The first-order valence-corrected chi connectivity index (χ1v) is 6.67. The summed E-state index contributed by atoms with van der Waals surface area (Å²) in [5.41, 5.74) is -0.0491. The van der Waals surface area contributed by atoms with Gasteiger partial charge in [-0.1, -0.05) is 6.92 Å². The van der Waals surface area contributed by atoms with E-state index in [1.54, 1.807) is 17.0 Å². The van der Waals surface area contributed by atoms with Crippen LogP contribution in [0.1, 0.15) is 26.7 Å². The van der Waals surface area contributed by atoms with Crippen molar-refractivity contribution in [2.24, 2.45) is 5.92 Å². The fourth-order valence-corrected chi connectivity index (χ4v) is 2.42. The lowest BCUT2D eigenvalue weighted by Gasteiger charge is -2.17. The third-order valence-corrected chi connectivity index (χ3v) is 3.53. The lowest BCUT2D eigenvalue weighted by atomic mass is 10.00. The van der Waals surface area contributed by atoms with Crippen LogP contribution >= 0.6 is 0 Å². The highest BCUT2D eigenvalue weighted by atomic mass is 16.5. The van der Waals surface area contributed by atoms with Crippen LogP contribution in [0.5, 0.6) is 0 Å². The van der Waals surface area contributed by atoms with Gasteiger partial charge in [0, 0.05) is 38.0 Å². The van der Waals surface area contributed by atoms with E-state index in [-0.39, 0.29) is 5.56 Å². The van der Waals surface area contributed by atoms with Crippen LogP contribution in [0.2, 0.25) is 0 Å². The summed E-state index contributed by atoms with van der Waals surface area (Å²) in [6.07, 6.45) is 5.76. The summed E-state index contributed by atoms with van der Waals surface area (Å²) in [5.74, 6) is 0.924. The second-order valence-electron chi connectivity index (χ2n) is 4.61. The van der Waals surface area contributed by atoms with Crippen LogP contribution in [-0.4, -0.2) is 28.8 Å². The van der Waals surface area contributed by atoms with Crippen LogP contribution in [0, 0.1) is 5.92 Å². The molecule has 0 aliphatic carbocycles. The quantitative estimate of drug-likeness (QED) is 0.861. The molecule has 100 valence electrons. The van der Waals surface area contributed by atoms with E-state index >= 15 is 0 Å². The minimum Gasteiger partial charge on any atom is -0.378 e. The normalized spacial score (nSPS) is 23.2. The molecule has 0 radical (unpaired) electrons. The Labute approximate surface area is 107 Å². The zero-order chi connectivity index (χ0) is 13.0. The molecule has 1 saturated heterocycles. The van der Waals surface area contributed by atoms with E-state index in [2.05, 4.69) is 17.2 Å². The number of nitrogens with one attached hydrogen (secondary N) is 1. The van der Waals surface area contributed by atoms with Crippen molar-refractivity contribution < 1.29 is 4.74 Å². The molecular weight excluding hydrogens is 230 g/mol. The summed E-state index contributed by atoms with van der Waals surface area (Å²) >= 11 is 0. The van der Waals surface area contributed by atoms with Crippen molar-refractivity contribution in [2.75, 3.05) is 18.5 Å². The number of hydrogen-bond acceptors (Lipinski definition) is 4. The maximum absolute atomic E-state index is 12.0. The largest absolute Gasteiger partial charge is 0.378 e. The lowest BCUT2D eigenvalue weighted by molar-refractivity contribution is 0.0900. The molecule has 2 rings (SSSR count). The maximum Gasteiger partial charge on any atom is 0.293 e. The summed E-state index contributed by atoms with van der Waals surface area (Å²) in [4.78, 5) is 16.1. The van der Waals surface area contributed by atoms with Crippen molar-refractivity contribution in [1.29, 1.82) is 0 Å². The van der Waals surface area contributed by atoms with E-state index < -0.39 is 0 Å². The fourth-order valence-electron chi connectivity index (χ4n) is 2.42. The smallest absolute Gasteiger partial charge is 0.293 e. The Hall–Kier alpha value is -1.36. The first-order valence-electron chi connectivity index (χ1n) is 6.67. The highest BCUT2D eigenvalue weighted by Crippen LogP contribution is 2.23. The lowest BCUT2D eigenvalue weighted by Crippen LogP contribution is -2.28. The summed E-state index contributed by atoms with van der Waals surface area (Å²) in [7, 11) is 0. The molecule has 1 aromatic rings. The molecule has 1 N–H and O–H groups in total. The van der Waals surface area contributed by atoms with Crippen molar-refractivity contribution in [2.45, 2.75) is 39.3 Å². The minimum absolute atomic E-state index is 0.0491. The standard InChI is InChI=1S/C13H21N3O2/c1-3-11-10(5-8-18-11)9-15-12-13(17)16(4-2)7-6-14-12/h6-7,10-11H,3-5,8-9H2,1-2H3,(H,14,15). The molecule has 2 unspecified atom stereocenters. The Kier molecular flexibility index (Phi) is 4.36. The van der Waals surface area contributed by atoms with Crippen molar-refractivity contribution in [3.63, 3.8) is 0 Å². The van der Waals surface area contributed by atoms with E-state index in [0.717, 1.165) is 26.0 Å². The number of hydrogen-bond donors (Lipinski definition) is 1. The van der Waals surface area contributed by atoms with Crippen LogP contribution in [0.15, 0.2) is 17.2 Å². The molecule has 0 spiro atoms. The van der Waals surface area contributed by atoms with E-state index in [1.807, 2.05) is 6.92 Å². The second kappa shape index (κ2) is 6.00. The van der Waals surface area contributed by atoms with E-state index in [0.29, 0.717) is 24.4 Å². The van der Waals surface area contributed by atoms with Gasteiger partial charge in [0.15, 0.2) is 5.82 Å². The number of anilines is 1. The molecule has 1 aromatic heterocycles. The van der Waals surface area contributed by atoms with Gasteiger partial charge in [0.05, 0.1) is 6.10 Å². The third kappa shape index (κ3) is 2.72. The zero-order valence-corrected chi connectivity index (χ0v) is 11.1. The molecule has 0 amide bonds. The van der Waals surface area contributed by atoms with Gasteiger partial charge in [-0.05, 0) is 19.8 Å². The minimum atomic E-state index is -0.0491. The van der Waals surface area contributed by atoms with Crippen LogP contribution in [0.3, 0.4) is 0 Å². The van der Waals surface area contributed by atoms with Gasteiger partial charge in [0.25, 0.3) is 5.56 Å². The van der Waals surface area contributed by atoms with Crippen molar-refractivity contribution in [1.82, 2.24) is 9.55 Å². The summed E-state index contributed by atoms with van der Waals surface area (Å²) in [6.45, 7) is 6.33. The number of nitrogens with zero attached hydrogens (tertiary/aromatic N) is 2. The molecule has 0 bridgehead atoms. The number of ether oxygens (including phenoxy) is 1. The summed E-state index contributed by atoms with van der Waals surface area (Å²) in [5, 5.41) is 3.17. The first kappa shape index (κ1) is 13.1. The predicted octanol–water partition coefficient (Wildman–Crippen LogP) is 1.49. The number of aromatic nitrogens is 2. The maximum atomic E-state index is 12.0. The van der Waals surface area contributed by atoms with E-state index in [4.69, 9.17) is 4.74 Å². The van der Waals surface area contributed by atoms with Gasteiger partial charge >= 0.3 is 0 Å². The number of aryl methyl sites for hydroxylation is 1. The van der Waals surface area contributed by atoms with Gasteiger partial charge in [0.1, 0.15) is 0 Å². The monoisotopic (exact) mass is 251 g/mol. The molecule has 2 heterocycles. The van der Waals surface area contributed by atoms with Gasteiger partial charge in [-0.25, -0.2) is 4.98 Å². The molecule has 5 nitrogen and oxygen atoms in total. The average molecular weight is 251 g/mol. The van der Waals surface area contributed by atoms with Crippen LogP contribution in [0.25, 0.3) is 0 Å². The Morgan fingerprint density at radius 3 is 3.11 bits per heavy atom. The highest BCUT2D eigenvalue weighted by Gasteiger charge is 2.26. The molecular formula is C13H21N3O2. The van der Waals surface area contributed by atoms with Crippen molar-refractivity contribution in [3.05, 3.63) is 22.7 Å². The number of rotatable bonds is 5. The summed E-state index contributed by atoms with van der Waals surface area (Å²) < 4.78 is 7.29. The molecule has 1 fully saturated rings. The van der Waals surface area contributed by atoms with Gasteiger partial charge < -0.3 is 14.6 Å². The Balaban J connectivity index is 2.00. The molecule has 18 heavy (non-hydrogen) atoms. The zero-order valence-electron chi connectivity index (χ0n) is 11.1. The van der Waals surface area contributed by atoms with Crippen molar-refractivity contribution in [3.8, 4) is 0 Å². The average Bonchev–Trinajstić information content (AvgIpc) is 2.85. The van der Waals surface area contributed by atoms with Crippen LogP contribution in [0.4, 0.5) is 5.82 Å². The van der Waals surface area contributed by atoms with E-state index in [9.17, 15) is 4.79 Å². The molecule has 0 aromatic carbocycles. The van der Waals surface area contributed by atoms with Gasteiger partial charge in [-0.2, -0.15) is 0 Å². The Morgan fingerprint density at radius 1 is 1.56 bits per heavy atom. The van der Waals surface area contributed by atoms with Gasteiger partial charge in [-0.15, -0.1) is 0 Å². The summed E-state index contributed by atoms with van der Waals surface area (Å²) in [6, 6.07) is 0. The van der Waals surface area contributed by atoms with E-state index in [1.165, 1.54) is 0 Å². The highest BCUT2D eigenvalue weighted by molar-refractivity contribution is 5.30. The van der Waals surface area contributed by atoms with Crippen LogP contribution in [-0.2, 0) is 11.3 Å². The Bertz CT molecular complexity index is 444. The molecule has 1 aliphatic rings. The second-order valence-corrected chi connectivity index (χ2v) is 4.61. The van der Waals surface area contributed by atoms with Crippen molar-refractivity contribution >= 4 is 5.82 Å². The Morgan fingerprint density at radius 2 is 2.39 bits per heavy atom. The third-order valence-electron chi connectivity index (χ3n) is 3.53.